The van der Waals surface area contributed by atoms with Crippen molar-refractivity contribution in [2.24, 2.45) is 0 Å². The molecule has 0 aliphatic carbocycles. The second-order valence-corrected chi connectivity index (χ2v) is 12.0. The topological polar surface area (TPSA) is 63.6 Å². The van der Waals surface area contributed by atoms with Gasteiger partial charge in [0.15, 0.2) is 0 Å². The van der Waals surface area contributed by atoms with Gasteiger partial charge < -0.3 is 9.84 Å². The Bertz CT molecular complexity index is 734. The number of aliphatic carboxylic acids is 1. The standard InChI is InChI=1S/C39H68O4/c1-3-5-7-9-11-13-14-15-16-17-18-19-20-22-24-26-32-36-39(42)43-37(34-30-27-28-31-35-38(40)41)33-29-25-23-21-12-10-8-6-4-2/h5,7,11,13,15-16,29,33,37H,3-4,6,8-10,12,14,17-28,30-32,34-36H2,1-2H3,(H,40,41)/b7-5-,13-11-,16-15-,33-29-. The zero-order valence-electron chi connectivity index (χ0n) is 28.3. The molecule has 0 saturated heterocycles. The first-order valence-corrected chi connectivity index (χ1v) is 18.1. The van der Waals surface area contributed by atoms with Crippen LogP contribution in [0.25, 0.3) is 0 Å². The molecular weight excluding hydrogens is 532 g/mol. The van der Waals surface area contributed by atoms with Crippen LogP contribution in [0, 0.1) is 0 Å². The maximum Gasteiger partial charge on any atom is 0.306 e. The zero-order chi connectivity index (χ0) is 31.5. The molecule has 0 aromatic carbocycles. The van der Waals surface area contributed by atoms with Crippen LogP contribution in [0.4, 0.5) is 0 Å². The van der Waals surface area contributed by atoms with E-state index in [0.29, 0.717) is 6.42 Å². The van der Waals surface area contributed by atoms with Crippen molar-refractivity contribution < 1.29 is 19.4 Å². The van der Waals surface area contributed by atoms with Crippen LogP contribution in [0.2, 0.25) is 0 Å². The summed E-state index contributed by atoms with van der Waals surface area (Å²) in [5.41, 5.74) is 0. The van der Waals surface area contributed by atoms with E-state index in [1.165, 1.54) is 83.5 Å². The third kappa shape index (κ3) is 34.3. The summed E-state index contributed by atoms with van der Waals surface area (Å²) >= 11 is 0. The molecule has 1 atom stereocenters. The number of allylic oxidation sites excluding steroid dienone is 7. The molecule has 0 saturated carbocycles. The van der Waals surface area contributed by atoms with Gasteiger partial charge >= 0.3 is 11.9 Å². The molecule has 43 heavy (non-hydrogen) atoms. The van der Waals surface area contributed by atoms with E-state index >= 15 is 0 Å². The fourth-order valence-corrected chi connectivity index (χ4v) is 5.11. The predicted octanol–water partition coefficient (Wildman–Crippen LogP) is 12.4. The minimum atomic E-state index is -0.724. The van der Waals surface area contributed by atoms with Crippen LogP contribution in [0.5, 0.6) is 0 Å². The monoisotopic (exact) mass is 601 g/mol. The fraction of sp³-hybridized carbons (Fsp3) is 0.744. The quantitative estimate of drug-likeness (QED) is 0.0474. The number of unbranched alkanes of at least 4 members (excludes halogenated alkanes) is 17. The van der Waals surface area contributed by atoms with Gasteiger partial charge in [-0.2, -0.15) is 0 Å². The molecule has 0 heterocycles. The Labute approximate surface area is 266 Å². The van der Waals surface area contributed by atoms with Gasteiger partial charge in [-0.25, -0.2) is 0 Å². The lowest BCUT2D eigenvalue weighted by molar-refractivity contribution is -0.147. The number of carboxylic acids is 1. The van der Waals surface area contributed by atoms with Gasteiger partial charge in [-0.15, -0.1) is 0 Å². The van der Waals surface area contributed by atoms with Crippen LogP contribution >= 0.6 is 0 Å². The molecule has 0 spiro atoms. The third-order valence-electron chi connectivity index (χ3n) is 7.77. The van der Waals surface area contributed by atoms with Crippen molar-refractivity contribution in [3.63, 3.8) is 0 Å². The van der Waals surface area contributed by atoms with Crippen molar-refractivity contribution >= 4 is 11.9 Å². The predicted molar refractivity (Wildman–Crippen MR) is 185 cm³/mol. The van der Waals surface area contributed by atoms with Crippen molar-refractivity contribution in [2.75, 3.05) is 0 Å². The maximum atomic E-state index is 12.5. The number of carboxylic acid groups (broad SMARTS) is 1. The highest BCUT2D eigenvalue weighted by Crippen LogP contribution is 2.15. The SMILES string of the molecule is CC/C=C\C/C=C\C/C=C\CCCCCCCCCC(=O)OC(/C=C\CCCCCCCCC)CCCCCCC(=O)O. The number of rotatable bonds is 32. The van der Waals surface area contributed by atoms with Gasteiger partial charge in [0.25, 0.3) is 0 Å². The van der Waals surface area contributed by atoms with E-state index in [1.807, 2.05) is 0 Å². The molecule has 0 aromatic rings. The molecule has 248 valence electrons. The number of hydrogen-bond donors (Lipinski definition) is 1. The number of hydrogen-bond acceptors (Lipinski definition) is 3. The number of carbonyl (C=O) groups excluding carboxylic acids is 1. The van der Waals surface area contributed by atoms with Crippen molar-refractivity contribution in [1.82, 2.24) is 0 Å². The van der Waals surface area contributed by atoms with Crippen LogP contribution < -0.4 is 0 Å². The summed E-state index contributed by atoms with van der Waals surface area (Å²) in [6, 6.07) is 0. The lowest BCUT2D eigenvalue weighted by atomic mass is 10.1. The summed E-state index contributed by atoms with van der Waals surface area (Å²) < 4.78 is 5.86. The van der Waals surface area contributed by atoms with Crippen LogP contribution in [0.1, 0.15) is 181 Å². The lowest BCUT2D eigenvalue weighted by Crippen LogP contribution is -2.16. The molecule has 0 aromatic heterocycles. The van der Waals surface area contributed by atoms with Crippen molar-refractivity contribution in [1.29, 1.82) is 0 Å². The molecule has 1 N–H and O–H groups in total. The molecule has 1 unspecified atom stereocenters. The van der Waals surface area contributed by atoms with Crippen molar-refractivity contribution in [3.05, 3.63) is 48.6 Å². The van der Waals surface area contributed by atoms with E-state index in [0.717, 1.165) is 70.6 Å². The van der Waals surface area contributed by atoms with Gasteiger partial charge in [0.05, 0.1) is 0 Å². The second kappa shape index (κ2) is 34.4. The van der Waals surface area contributed by atoms with Crippen LogP contribution in [-0.2, 0) is 14.3 Å². The molecule has 0 amide bonds. The summed E-state index contributed by atoms with van der Waals surface area (Å²) in [6.07, 6.45) is 45.6. The molecule has 0 bridgehead atoms. The Kier molecular flexibility index (Phi) is 32.7. The average Bonchev–Trinajstić information content (AvgIpc) is 2.99. The van der Waals surface area contributed by atoms with Gasteiger partial charge in [0.2, 0.25) is 0 Å². The molecule has 0 aliphatic heterocycles. The van der Waals surface area contributed by atoms with E-state index in [1.54, 1.807) is 0 Å². The van der Waals surface area contributed by atoms with Crippen LogP contribution in [0.15, 0.2) is 48.6 Å². The summed E-state index contributed by atoms with van der Waals surface area (Å²) in [4.78, 5) is 23.3. The van der Waals surface area contributed by atoms with Crippen molar-refractivity contribution in [3.8, 4) is 0 Å². The molecular formula is C39H68O4. The minimum absolute atomic E-state index is 0.0736. The summed E-state index contributed by atoms with van der Waals surface area (Å²) in [6.45, 7) is 4.41. The molecule has 4 nitrogen and oxygen atoms in total. The summed E-state index contributed by atoms with van der Waals surface area (Å²) in [5, 5.41) is 8.81. The smallest absolute Gasteiger partial charge is 0.306 e. The van der Waals surface area contributed by atoms with Gasteiger partial charge in [0.1, 0.15) is 6.10 Å². The first kappa shape index (κ1) is 40.9. The Morgan fingerprint density at radius 3 is 1.65 bits per heavy atom. The molecule has 0 radical (unpaired) electrons. The maximum absolute atomic E-state index is 12.5. The van der Waals surface area contributed by atoms with Gasteiger partial charge in [-0.1, -0.05) is 140 Å². The van der Waals surface area contributed by atoms with E-state index in [-0.39, 0.29) is 18.5 Å². The van der Waals surface area contributed by atoms with E-state index in [2.05, 4.69) is 62.5 Å². The number of esters is 1. The largest absolute Gasteiger partial charge is 0.481 e. The summed E-state index contributed by atoms with van der Waals surface area (Å²) in [5.74, 6) is -0.797. The summed E-state index contributed by atoms with van der Waals surface area (Å²) in [7, 11) is 0. The first-order chi connectivity index (χ1) is 21.1. The van der Waals surface area contributed by atoms with Gasteiger partial charge in [0, 0.05) is 12.8 Å². The Hall–Kier alpha value is -2.10. The molecule has 0 rings (SSSR count). The van der Waals surface area contributed by atoms with Crippen LogP contribution in [0.3, 0.4) is 0 Å². The van der Waals surface area contributed by atoms with E-state index < -0.39 is 5.97 Å². The molecule has 0 aliphatic rings. The van der Waals surface area contributed by atoms with E-state index in [9.17, 15) is 9.59 Å². The minimum Gasteiger partial charge on any atom is -0.481 e. The molecule has 4 heteroatoms. The normalized spacial score (nSPS) is 12.8. The van der Waals surface area contributed by atoms with Gasteiger partial charge in [-0.3, -0.25) is 9.59 Å². The van der Waals surface area contributed by atoms with Gasteiger partial charge in [-0.05, 0) is 76.7 Å². The fourth-order valence-electron chi connectivity index (χ4n) is 5.11. The average molecular weight is 601 g/mol. The number of carbonyl (C=O) groups is 2. The second-order valence-electron chi connectivity index (χ2n) is 12.0. The Morgan fingerprint density at radius 1 is 0.558 bits per heavy atom. The van der Waals surface area contributed by atoms with E-state index in [4.69, 9.17) is 9.84 Å². The van der Waals surface area contributed by atoms with Crippen molar-refractivity contribution in [2.45, 2.75) is 187 Å². The highest BCUT2D eigenvalue weighted by atomic mass is 16.5. The van der Waals surface area contributed by atoms with Crippen LogP contribution in [-0.4, -0.2) is 23.1 Å². The highest BCUT2D eigenvalue weighted by molar-refractivity contribution is 5.69. The Balaban J connectivity index is 4.03. The molecule has 0 fully saturated rings. The first-order valence-electron chi connectivity index (χ1n) is 18.1. The zero-order valence-corrected chi connectivity index (χ0v) is 28.3. The third-order valence-corrected chi connectivity index (χ3v) is 7.77. The lowest BCUT2D eigenvalue weighted by Gasteiger charge is -2.15. The number of ether oxygens (including phenoxy) is 1. The highest BCUT2D eigenvalue weighted by Gasteiger charge is 2.11. The Morgan fingerprint density at radius 2 is 1.05 bits per heavy atom.